The van der Waals surface area contributed by atoms with E-state index >= 15 is 0 Å². The molecule has 1 aliphatic carbocycles. The molecule has 2 aliphatic rings. The van der Waals surface area contributed by atoms with Crippen LogP contribution in [0.15, 0.2) is 42.2 Å². The second-order valence-electron chi connectivity index (χ2n) is 11.9. The highest BCUT2D eigenvalue weighted by molar-refractivity contribution is 5.95. The summed E-state index contributed by atoms with van der Waals surface area (Å²) in [6, 6.07) is 8.83. The number of carbonyl (C=O) groups is 3. The van der Waals surface area contributed by atoms with Gasteiger partial charge in [0.1, 0.15) is 18.8 Å². The molecule has 5 atom stereocenters. The molecular weight excluding hydrogens is 500 g/mol. The van der Waals surface area contributed by atoms with Gasteiger partial charge in [-0.2, -0.15) is 0 Å². The zero-order valence-corrected chi connectivity index (χ0v) is 24.0. The van der Waals surface area contributed by atoms with Crippen LogP contribution < -0.4 is 5.32 Å². The average Bonchev–Trinajstić information content (AvgIpc) is 3.27. The van der Waals surface area contributed by atoms with E-state index in [0.29, 0.717) is 13.0 Å². The lowest BCUT2D eigenvalue weighted by Crippen LogP contribution is -2.53. The Morgan fingerprint density at radius 2 is 1.87 bits per heavy atom. The standard InChI is InChI=1S/C30H44N2O7/c1-19(2)25-18-38-29(36)32(25)27(34)20(3)26(33)24(31-28(35)39-30(4,5)6)16-21-12-14-23(15-13-21)37-17-22-10-8-7-9-11-22/h7-11,14,19-21,24-26,33H,12-13,15-18H2,1-6H3,(H,31,35)/t20-,21?,24-,25+,26-/m0/s1. The van der Waals surface area contributed by atoms with E-state index in [1.165, 1.54) is 0 Å². The molecule has 9 nitrogen and oxygen atoms in total. The number of imide groups is 1. The van der Waals surface area contributed by atoms with Crippen molar-refractivity contribution in [2.24, 2.45) is 17.8 Å². The molecule has 0 aromatic heterocycles. The predicted molar refractivity (Wildman–Crippen MR) is 146 cm³/mol. The minimum absolute atomic E-state index is 0.00718. The van der Waals surface area contributed by atoms with E-state index in [-0.39, 0.29) is 18.4 Å². The highest BCUT2D eigenvalue weighted by Crippen LogP contribution is 2.31. The third kappa shape index (κ3) is 8.71. The van der Waals surface area contributed by atoms with Gasteiger partial charge in [0.05, 0.1) is 29.9 Å². The largest absolute Gasteiger partial charge is 0.494 e. The first kappa shape index (κ1) is 30.5. The molecule has 1 aromatic rings. The van der Waals surface area contributed by atoms with E-state index in [1.807, 2.05) is 44.2 Å². The molecule has 0 bridgehead atoms. The zero-order chi connectivity index (χ0) is 28.7. The van der Waals surface area contributed by atoms with Crippen molar-refractivity contribution >= 4 is 18.1 Å². The van der Waals surface area contributed by atoms with E-state index in [9.17, 15) is 19.5 Å². The molecule has 0 saturated carbocycles. The Labute approximate surface area is 231 Å². The van der Waals surface area contributed by atoms with Crippen molar-refractivity contribution in [2.75, 3.05) is 6.61 Å². The van der Waals surface area contributed by atoms with Gasteiger partial charge in [-0.05, 0) is 63.5 Å². The zero-order valence-electron chi connectivity index (χ0n) is 24.0. The van der Waals surface area contributed by atoms with Gasteiger partial charge in [0.15, 0.2) is 0 Å². The predicted octanol–water partition coefficient (Wildman–Crippen LogP) is 5.17. The lowest BCUT2D eigenvalue weighted by atomic mass is 9.83. The van der Waals surface area contributed by atoms with Crippen molar-refractivity contribution in [3.05, 3.63) is 47.7 Å². The fourth-order valence-corrected chi connectivity index (χ4v) is 4.96. The van der Waals surface area contributed by atoms with E-state index in [0.717, 1.165) is 35.5 Å². The second-order valence-corrected chi connectivity index (χ2v) is 11.9. The number of aliphatic hydroxyl groups is 1. The molecule has 216 valence electrons. The summed E-state index contributed by atoms with van der Waals surface area (Å²) in [5.74, 6) is -0.359. The number of benzene rings is 1. The highest BCUT2D eigenvalue weighted by atomic mass is 16.6. The lowest BCUT2D eigenvalue weighted by molar-refractivity contribution is -0.137. The van der Waals surface area contributed by atoms with E-state index in [2.05, 4.69) is 11.4 Å². The van der Waals surface area contributed by atoms with Crippen LogP contribution in [0.3, 0.4) is 0 Å². The van der Waals surface area contributed by atoms with Crippen LogP contribution in [-0.2, 0) is 25.6 Å². The van der Waals surface area contributed by atoms with Crippen LogP contribution in [0, 0.1) is 17.8 Å². The third-order valence-corrected chi connectivity index (χ3v) is 7.26. The molecule has 39 heavy (non-hydrogen) atoms. The number of aliphatic hydroxyl groups excluding tert-OH is 1. The highest BCUT2D eigenvalue weighted by Gasteiger charge is 2.44. The van der Waals surface area contributed by atoms with Crippen molar-refractivity contribution in [3.63, 3.8) is 0 Å². The minimum Gasteiger partial charge on any atom is -0.494 e. The van der Waals surface area contributed by atoms with E-state index in [1.54, 1.807) is 27.7 Å². The van der Waals surface area contributed by atoms with E-state index in [4.69, 9.17) is 14.2 Å². The van der Waals surface area contributed by atoms with Gasteiger partial charge in [-0.3, -0.25) is 4.79 Å². The van der Waals surface area contributed by atoms with Crippen molar-refractivity contribution in [2.45, 2.75) is 97.6 Å². The lowest BCUT2D eigenvalue weighted by Gasteiger charge is -2.34. The van der Waals surface area contributed by atoms with Gasteiger partial charge in [-0.1, -0.05) is 51.1 Å². The van der Waals surface area contributed by atoms with Gasteiger partial charge in [0.25, 0.3) is 0 Å². The van der Waals surface area contributed by atoms with Gasteiger partial charge in [-0.15, -0.1) is 0 Å². The Morgan fingerprint density at radius 1 is 1.18 bits per heavy atom. The number of ether oxygens (including phenoxy) is 3. The first-order chi connectivity index (χ1) is 18.4. The molecule has 1 saturated heterocycles. The number of cyclic esters (lactones) is 1. The van der Waals surface area contributed by atoms with Gasteiger partial charge in [0.2, 0.25) is 5.91 Å². The number of nitrogens with one attached hydrogen (secondary N) is 1. The van der Waals surface area contributed by atoms with Crippen molar-refractivity contribution in [3.8, 4) is 0 Å². The van der Waals surface area contributed by atoms with Crippen LogP contribution in [0.1, 0.15) is 72.8 Å². The Morgan fingerprint density at radius 3 is 2.46 bits per heavy atom. The summed E-state index contributed by atoms with van der Waals surface area (Å²) in [5.41, 5.74) is 0.383. The van der Waals surface area contributed by atoms with E-state index < -0.39 is 47.8 Å². The summed E-state index contributed by atoms with van der Waals surface area (Å²) < 4.78 is 16.6. The van der Waals surface area contributed by atoms with Gasteiger partial charge in [0, 0.05) is 6.42 Å². The molecule has 9 heteroatoms. The van der Waals surface area contributed by atoms with Crippen LogP contribution >= 0.6 is 0 Å². The first-order valence-electron chi connectivity index (χ1n) is 13.9. The molecule has 1 aliphatic heterocycles. The van der Waals surface area contributed by atoms with Gasteiger partial charge >= 0.3 is 12.2 Å². The average molecular weight is 545 g/mol. The monoisotopic (exact) mass is 544 g/mol. The van der Waals surface area contributed by atoms with Gasteiger partial charge < -0.3 is 24.6 Å². The SMILES string of the molecule is CC(C)[C@H]1COC(=O)N1C(=O)[C@@H](C)[C@H](O)[C@H](CC1CC=C(OCc2ccccc2)CC1)NC(=O)OC(C)(C)C. The maximum absolute atomic E-state index is 13.4. The number of allylic oxidation sites excluding steroid dienone is 2. The number of carbonyl (C=O) groups excluding carboxylic acids is 3. The molecule has 3 rings (SSSR count). The summed E-state index contributed by atoms with van der Waals surface area (Å²) in [6.07, 6.45) is 2.20. The maximum Gasteiger partial charge on any atom is 0.416 e. The molecule has 3 amide bonds. The number of alkyl carbamates (subject to hydrolysis) is 1. The molecular formula is C30H44N2O7. The molecule has 0 radical (unpaired) electrons. The van der Waals surface area contributed by atoms with Crippen molar-refractivity contribution in [1.29, 1.82) is 0 Å². The molecule has 1 fully saturated rings. The Bertz CT molecular complexity index is 1020. The molecule has 1 unspecified atom stereocenters. The molecule has 0 spiro atoms. The fraction of sp³-hybridized carbons (Fsp3) is 0.633. The Balaban J connectivity index is 1.68. The number of rotatable bonds is 10. The summed E-state index contributed by atoms with van der Waals surface area (Å²) in [7, 11) is 0. The first-order valence-corrected chi connectivity index (χ1v) is 13.9. The minimum atomic E-state index is -1.23. The number of hydrogen-bond acceptors (Lipinski definition) is 7. The van der Waals surface area contributed by atoms with Crippen LogP contribution in [0.25, 0.3) is 0 Å². The summed E-state index contributed by atoms with van der Waals surface area (Å²) in [4.78, 5) is 39.5. The number of amides is 3. The number of nitrogens with zero attached hydrogens (tertiary/aromatic N) is 1. The van der Waals surface area contributed by atoms with Gasteiger partial charge in [-0.25, -0.2) is 14.5 Å². The van der Waals surface area contributed by atoms with Crippen LogP contribution in [0.5, 0.6) is 0 Å². The smallest absolute Gasteiger partial charge is 0.416 e. The van der Waals surface area contributed by atoms with Crippen LogP contribution in [0.4, 0.5) is 9.59 Å². The normalized spacial score (nSPS) is 22.0. The third-order valence-electron chi connectivity index (χ3n) is 7.26. The Kier molecular flexibility index (Phi) is 10.4. The second kappa shape index (κ2) is 13.3. The summed E-state index contributed by atoms with van der Waals surface area (Å²) in [6.45, 7) is 11.3. The summed E-state index contributed by atoms with van der Waals surface area (Å²) >= 11 is 0. The number of hydrogen-bond donors (Lipinski definition) is 2. The maximum atomic E-state index is 13.4. The molecule has 1 aromatic carbocycles. The van der Waals surface area contributed by atoms with Crippen LogP contribution in [0.2, 0.25) is 0 Å². The topological polar surface area (TPSA) is 114 Å². The Hall–Kier alpha value is -3.07. The summed E-state index contributed by atoms with van der Waals surface area (Å²) in [5, 5.41) is 14.1. The van der Waals surface area contributed by atoms with Crippen molar-refractivity contribution < 1.29 is 33.7 Å². The molecule has 2 N–H and O–H groups in total. The van der Waals surface area contributed by atoms with Crippen molar-refractivity contribution in [1.82, 2.24) is 10.2 Å². The fourth-order valence-electron chi connectivity index (χ4n) is 4.96. The quantitative estimate of drug-likeness (QED) is 0.418. The van der Waals surface area contributed by atoms with Crippen LogP contribution in [-0.4, -0.2) is 58.5 Å². The molecule has 1 heterocycles.